The van der Waals surface area contributed by atoms with Gasteiger partial charge in [0, 0.05) is 52.6 Å². The summed E-state index contributed by atoms with van der Waals surface area (Å²) in [5.41, 5.74) is 0. The van der Waals surface area contributed by atoms with Crippen molar-refractivity contribution in [1.82, 2.24) is 15.5 Å². The molecule has 2 N–H and O–H groups in total. The number of likely N-dealkylation sites (N-methyl/N-ethyl adjacent to an activating group) is 1. The number of guanidine groups is 1. The molecule has 2 aliphatic rings. The van der Waals surface area contributed by atoms with Gasteiger partial charge in [-0.2, -0.15) is 0 Å². The van der Waals surface area contributed by atoms with E-state index in [9.17, 15) is 0 Å². The van der Waals surface area contributed by atoms with Gasteiger partial charge in [0.05, 0.1) is 0 Å². The summed E-state index contributed by atoms with van der Waals surface area (Å²) < 4.78 is 11.2. The quantitative estimate of drug-likeness (QED) is 0.222. The third-order valence-corrected chi connectivity index (χ3v) is 4.98. The van der Waals surface area contributed by atoms with Crippen molar-refractivity contribution < 1.29 is 9.47 Å². The molecule has 1 unspecified atom stereocenters. The summed E-state index contributed by atoms with van der Waals surface area (Å²) in [6, 6.07) is 0.603. The minimum Gasteiger partial charge on any atom is -0.381 e. The number of aliphatic imine (C=N–C) groups is 1. The molecular formula is C18H37IN4O2. The number of rotatable bonds is 10. The highest BCUT2D eigenvalue weighted by Crippen LogP contribution is 2.34. The van der Waals surface area contributed by atoms with Gasteiger partial charge in [-0.15, -0.1) is 24.0 Å². The fourth-order valence-electron chi connectivity index (χ4n) is 3.22. The van der Waals surface area contributed by atoms with Crippen LogP contribution in [0.25, 0.3) is 0 Å². The SMILES string of the molecule is CN=C(NCCCOCC1CCOCC1)NCC(C1CC1)N(C)C.I. The monoisotopic (exact) mass is 468 g/mol. The molecule has 2 rings (SSSR count). The minimum atomic E-state index is 0. The van der Waals surface area contributed by atoms with Crippen LogP contribution in [0, 0.1) is 11.8 Å². The average molecular weight is 468 g/mol. The molecule has 1 heterocycles. The Kier molecular flexibility index (Phi) is 12.0. The van der Waals surface area contributed by atoms with Gasteiger partial charge in [-0.3, -0.25) is 4.99 Å². The second-order valence-electron chi connectivity index (χ2n) is 7.23. The first-order valence-corrected chi connectivity index (χ1v) is 9.47. The van der Waals surface area contributed by atoms with Crippen LogP contribution < -0.4 is 10.6 Å². The number of ether oxygens (including phenoxy) is 2. The zero-order chi connectivity index (χ0) is 17.2. The number of nitrogens with one attached hydrogen (secondary N) is 2. The molecule has 7 heteroatoms. The lowest BCUT2D eigenvalue weighted by molar-refractivity contribution is 0.0203. The van der Waals surface area contributed by atoms with Crippen LogP contribution in [0.2, 0.25) is 0 Å². The smallest absolute Gasteiger partial charge is 0.191 e. The Balaban J connectivity index is 0.00000312. The molecule has 1 aliphatic carbocycles. The fourth-order valence-corrected chi connectivity index (χ4v) is 3.22. The molecule has 0 aromatic heterocycles. The highest BCUT2D eigenvalue weighted by molar-refractivity contribution is 14.0. The van der Waals surface area contributed by atoms with E-state index in [0.717, 1.165) is 70.7 Å². The fraction of sp³-hybridized carbons (Fsp3) is 0.944. The van der Waals surface area contributed by atoms with E-state index in [2.05, 4.69) is 34.6 Å². The van der Waals surface area contributed by atoms with Crippen LogP contribution in [0.15, 0.2) is 4.99 Å². The van der Waals surface area contributed by atoms with Crippen LogP contribution in [0.1, 0.15) is 32.1 Å². The van der Waals surface area contributed by atoms with Crippen molar-refractivity contribution in [2.75, 3.05) is 60.7 Å². The maximum absolute atomic E-state index is 5.80. The topological polar surface area (TPSA) is 58.1 Å². The molecule has 6 nitrogen and oxygen atoms in total. The predicted molar refractivity (Wildman–Crippen MR) is 114 cm³/mol. The highest BCUT2D eigenvalue weighted by atomic mass is 127. The first-order chi connectivity index (χ1) is 11.7. The van der Waals surface area contributed by atoms with Gasteiger partial charge in [0.25, 0.3) is 0 Å². The summed E-state index contributed by atoms with van der Waals surface area (Å²) >= 11 is 0. The third kappa shape index (κ3) is 9.40. The van der Waals surface area contributed by atoms with Crippen molar-refractivity contribution in [1.29, 1.82) is 0 Å². The number of nitrogens with zero attached hydrogens (tertiary/aromatic N) is 2. The Hall–Kier alpha value is -0.120. The summed E-state index contributed by atoms with van der Waals surface area (Å²) in [6.07, 6.45) is 6.01. The van der Waals surface area contributed by atoms with Crippen molar-refractivity contribution in [3.8, 4) is 0 Å². The highest BCUT2D eigenvalue weighted by Gasteiger charge is 2.32. The summed E-state index contributed by atoms with van der Waals surface area (Å²) in [5, 5.41) is 6.84. The third-order valence-electron chi connectivity index (χ3n) is 4.98. The first kappa shape index (κ1) is 22.9. The largest absolute Gasteiger partial charge is 0.381 e. The van der Waals surface area contributed by atoms with Gasteiger partial charge in [0.15, 0.2) is 5.96 Å². The van der Waals surface area contributed by atoms with E-state index in [1.165, 1.54) is 12.8 Å². The summed E-state index contributed by atoms with van der Waals surface area (Å²) in [7, 11) is 6.16. The van der Waals surface area contributed by atoms with E-state index >= 15 is 0 Å². The Bertz CT molecular complexity index is 370. The average Bonchev–Trinajstić information content (AvgIpc) is 3.41. The molecular weight excluding hydrogens is 431 g/mol. The summed E-state index contributed by atoms with van der Waals surface area (Å²) in [5.74, 6) is 2.43. The zero-order valence-corrected chi connectivity index (χ0v) is 18.5. The lowest BCUT2D eigenvalue weighted by Crippen LogP contribution is -2.46. The summed E-state index contributed by atoms with van der Waals surface area (Å²) in [6.45, 7) is 5.33. The number of halogens is 1. The lowest BCUT2D eigenvalue weighted by atomic mass is 10.0. The Morgan fingerprint density at radius 3 is 2.52 bits per heavy atom. The summed E-state index contributed by atoms with van der Waals surface area (Å²) in [4.78, 5) is 6.63. The van der Waals surface area contributed by atoms with E-state index < -0.39 is 0 Å². The molecule has 0 radical (unpaired) electrons. The molecule has 1 saturated heterocycles. The zero-order valence-electron chi connectivity index (χ0n) is 16.1. The van der Waals surface area contributed by atoms with E-state index in [4.69, 9.17) is 9.47 Å². The van der Waals surface area contributed by atoms with Crippen LogP contribution in [-0.2, 0) is 9.47 Å². The van der Waals surface area contributed by atoms with Gasteiger partial charge in [0.2, 0.25) is 0 Å². The number of hydrogen-bond acceptors (Lipinski definition) is 4. The molecule has 1 aliphatic heterocycles. The second-order valence-corrected chi connectivity index (χ2v) is 7.23. The molecule has 1 atom stereocenters. The van der Waals surface area contributed by atoms with Crippen LogP contribution in [0.5, 0.6) is 0 Å². The van der Waals surface area contributed by atoms with Crippen LogP contribution in [-0.4, -0.2) is 77.6 Å². The van der Waals surface area contributed by atoms with E-state index in [-0.39, 0.29) is 24.0 Å². The van der Waals surface area contributed by atoms with Crippen LogP contribution in [0.4, 0.5) is 0 Å². The molecule has 2 fully saturated rings. The Morgan fingerprint density at radius 2 is 1.92 bits per heavy atom. The standard InChI is InChI=1S/C18H36N4O2.HI/c1-19-18(21-13-17(22(2)3)16-5-6-16)20-9-4-10-24-14-15-7-11-23-12-8-15;/h15-17H,4-14H2,1-3H3,(H2,19,20,21);1H. The molecule has 0 spiro atoms. The molecule has 25 heavy (non-hydrogen) atoms. The van der Waals surface area contributed by atoms with Crippen molar-refractivity contribution >= 4 is 29.9 Å². The van der Waals surface area contributed by atoms with Gasteiger partial charge >= 0.3 is 0 Å². The maximum atomic E-state index is 5.80. The van der Waals surface area contributed by atoms with Crippen molar-refractivity contribution in [3.05, 3.63) is 0 Å². The lowest BCUT2D eigenvalue weighted by Gasteiger charge is -2.25. The van der Waals surface area contributed by atoms with Gasteiger partial charge in [0.1, 0.15) is 0 Å². The van der Waals surface area contributed by atoms with Crippen molar-refractivity contribution in [2.45, 2.75) is 38.1 Å². The van der Waals surface area contributed by atoms with Crippen molar-refractivity contribution in [2.24, 2.45) is 16.8 Å². The molecule has 0 amide bonds. The van der Waals surface area contributed by atoms with Gasteiger partial charge < -0.3 is 25.0 Å². The molecule has 0 bridgehead atoms. The predicted octanol–water partition coefficient (Wildman–Crippen LogP) is 1.94. The first-order valence-electron chi connectivity index (χ1n) is 9.47. The van der Waals surface area contributed by atoms with Crippen LogP contribution in [0.3, 0.4) is 0 Å². The normalized spacial score (nSPS) is 20.2. The van der Waals surface area contributed by atoms with E-state index in [1.54, 1.807) is 0 Å². The molecule has 1 saturated carbocycles. The van der Waals surface area contributed by atoms with E-state index in [1.807, 2.05) is 7.05 Å². The molecule has 148 valence electrons. The Labute approximate surface area is 170 Å². The van der Waals surface area contributed by atoms with Gasteiger partial charge in [-0.05, 0) is 58.0 Å². The van der Waals surface area contributed by atoms with Gasteiger partial charge in [-0.1, -0.05) is 0 Å². The Morgan fingerprint density at radius 1 is 1.20 bits per heavy atom. The maximum Gasteiger partial charge on any atom is 0.191 e. The van der Waals surface area contributed by atoms with Gasteiger partial charge in [-0.25, -0.2) is 0 Å². The molecule has 0 aromatic rings. The second kappa shape index (κ2) is 13.1. The minimum absolute atomic E-state index is 0. The molecule has 0 aromatic carbocycles. The number of hydrogen-bond donors (Lipinski definition) is 2. The van der Waals surface area contributed by atoms with Crippen LogP contribution >= 0.6 is 24.0 Å². The van der Waals surface area contributed by atoms with Crippen molar-refractivity contribution in [3.63, 3.8) is 0 Å². The van der Waals surface area contributed by atoms with E-state index in [0.29, 0.717) is 12.0 Å².